The SMILES string of the molecule is CCCCCCN1C[C@@H](C)N(c2c(C#N)cnc3ccc(-c4cnc(OC)c(NS(C)(=O)=O)c4)cc23)[C@@H](C)C1. The summed E-state index contributed by atoms with van der Waals surface area (Å²) in [4.78, 5) is 13.8. The third-order valence-corrected chi connectivity index (χ3v) is 7.80. The number of benzene rings is 1. The van der Waals surface area contributed by atoms with E-state index in [-0.39, 0.29) is 23.7 Å². The summed E-state index contributed by atoms with van der Waals surface area (Å²) in [6.45, 7) is 9.66. The van der Waals surface area contributed by atoms with Gasteiger partial charge in [0.25, 0.3) is 0 Å². The molecule has 0 saturated carbocycles. The Bertz CT molecular complexity index is 1460. The topological polar surface area (TPSA) is 111 Å². The molecule has 208 valence electrons. The van der Waals surface area contributed by atoms with Crippen LogP contribution in [0.25, 0.3) is 22.0 Å². The Morgan fingerprint density at radius 3 is 2.46 bits per heavy atom. The van der Waals surface area contributed by atoms with Crippen molar-refractivity contribution in [3.05, 3.63) is 42.2 Å². The zero-order valence-corrected chi connectivity index (χ0v) is 24.3. The maximum absolute atomic E-state index is 11.9. The van der Waals surface area contributed by atoms with Crippen molar-refractivity contribution in [1.29, 1.82) is 5.26 Å². The quantitative estimate of drug-likeness (QED) is 0.350. The molecule has 1 aliphatic heterocycles. The van der Waals surface area contributed by atoms with Crippen molar-refractivity contribution in [3.8, 4) is 23.1 Å². The van der Waals surface area contributed by atoms with Crippen molar-refractivity contribution < 1.29 is 13.2 Å². The molecule has 0 amide bonds. The predicted molar refractivity (Wildman–Crippen MR) is 157 cm³/mol. The second kappa shape index (κ2) is 12.2. The first kappa shape index (κ1) is 28.6. The number of pyridine rings is 2. The van der Waals surface area contributed by atoms with E-state index in [1.165, 1.54) is 32.8 Å². The lowest BCUT2D eigenvalue weighted by molar-refractivity contribution is 0.196. The molecule has 1 aliphatic rings. The predicted octanol–water partition coefficient (Wildman–Crippen LogP) is 5.03. The summed E-state index contributed by atoms with van der Waals surface area (Å²) in [5, 5.41) is 11.0. The first-order valence-corrected chi connectivity index (χ1v) is 15.4. The van der Waals surface area contributed by atoms with Gasteiger partial charge in [-0.3, -0.25) is 14.6 Å². The number of rotatable bonds is 10. The number of hydrogen-bond acceptors (Lipinski definition) is 8. The zero-order valence-electron chi connectivity index (χ0n) is 23.4. The van der Waals surface area contributed by atoms with Crippen LogP contribution in [0, 0.1) is 11.3 Å². The number of piperazine rings is 1. The van der Waals surface area contributed by atoms with Gasteiger partial charge in [-0.05, 0) is 50.6 Å². The van der Waals surface area contributed by atoms with Gasteiger partial charge in [-0.25, -0.2) is 13.4 Å². The van der Waals surface area contributed by atoms with E-state index < -0.39 is 10.0 Å². The van der Waals surface area contributed by atoms with Gasteiger partial charge in [0.2, 0.25) is 15.9 Å². The Balaban J connectivity index is 1.73. The van der Waals surface area contributed by atoms with Gasteiger partial charge in [0, 0.05) is 48.5 Å². The molecule has 0 unspecified atom stereocenters. The van der Waals surface area contributed by atoms with Crippen LogP contribution in [-0.2, 0) is 10.0 Å². The summed E-state index contributed by atoms with van der Waals surface area (Å²) < 4.78 is 31.6. The largest absolute Gasteiger partial charge is 0.480 e. The fraction of sp³-hybridized carbons (Fsp3) is 0.483. The van der Waals surface area contributed by atoms with E-state index in [1.54, 1.807) is 18.5 Å². The smallest absolute Gasteiger partial charge is 0.238 e. The molecule has 4 rings (SSSR count). The summed E-state index contributed by atoms with van der Waals surface area (Å²) in [6, 6.07) is 10.4. The minimum atomic E-state index is -3.53. The van der Waals surface area contributed by atoms with Crippen LogP contribution in [0.3, 0.4) is 0 Å². The second-order valence-corrected chi connectivity index (χ2v) is 12.2. The highest BCUT2D eigenvalue weighted by atomic mass is 32.2. The van der Waals surface area contributed by atoms with Crippen LogP contribution in [-0.4, -0.2) is 68.4 Å². The fourth-order valence-corrected chi connectivity index (χ4v) is 6.13. The first-order chi connectivity index (χ1) is 18.6. The molecule has 0 bridgehead atoms. The Morgan fingerprint density at radius 1 is 1.08 bits per heavy atom. The molecule has 1 N–H and O–H groups in total. The number of nitriles is 1. The summed E-state index contributed by atoms with van der Waals surface area (Å²) in [5.41, 5.74) is 4.05. The number of hydrogen-bond donors (Lipinski definition) is 1. The molecule has 9 nitrogen and oxygen atoms in total. The lowest BCUT2D eigenvalue weighted by Gasteiger charge is -2.46. The minimum Gasteiger partial charge on any atom is -0.480 e. The van der Waals surface area contributed by atoms with E-state index in [0.717, 1.165) is 53.6 Å². The number of fused-ring (bicyclic) bond motifs is 1. The molecule has 2 atom stereocenters. The molecular weight excluding hydrogens is 512 g/mol. The highest BCUT2D eigenvalue weighted by Gasteiger charge is 2.32. The maximum atomic E-state index is 11.9. The first-order valence-electron chi connectivity index (χ1n) is 13.5. The van der Waals surface area contributed by atoms with Crippen LogP contribution in [0.4, 0.5) is 11.4 Å². The standard InChI is InChI=1S/C29H38N6O3S/c1-6-7-8-9-12-34-18-20(2)35(21(3)19-34)28-24(15-30)17-31-26-11-10-22(13-25(26)28)23-14-27(33-39(5,36)37)29(38-4)32-16-23/h10-11,13-14,16-17,20-21,33H,6-9,12,18-19H2,1-5H3/t20-,21+. The molecule has 2 aromatic heterocycles. The van der Waals surface area contributed by atoms with Gasteiger partial charge < -0.3 is 9.64 Å². The lowest BCUT2D eigenvalue weighted by Crippen LogP contribution is -2.57. The number of ether oxygens (including phenoxy) is 1. The van der Waals surface area contributed by atoms with Crippen molar-refractivity contribution in [3.63, 3.8) is 0 Å². The normalized spacial score (nSPS) is 18.2. The van der Waals surface area contributed by atoms with Gasteiger partial charge >= 0.3 is 0 Å². The molecule has 3 aromatic rings. The number of methoxy groups -OCH3 is 1. The highest BCUT2D eigenvalue weighted by Crippen LogP contribution is 2.37. The van der Waals surface area contributed by atoms with Gasteiger partial charge in [-0.2, -0.15) is 5.26 Å². The van der Waals surface area contributed by atoms with E-state index in [1.807, 2.05) is 18.2 Å². The Morgan fingerprint density at radius 2 is 1.82 bits per heavy atom. The van der Waals surface area contributed by atoms with Gasteiger partial charge in [0.15, 0.2) is 0 Å². The number of sulfonamides is 1. The molecule has 39 heavy (non-hydrogen) atoms. The van der Waals surface area contributed by atoms with Crippen molar-refractivity contribution in [2.45, 2.75) is 58.5 Å². The van der Waals surface area contributed by atoms with Gasteiger partial charge in [0.05, 0.1) is 30.1 Å². The molecule has 10 heteroatoms. The third kappa shape index (κ3) is 6.60. The van der Waals surface area contributed by atoms with Crippen molar-refractivity contribution >= 4 is 32.3 Å². The van der Waals surface area contributed by atoms with E-state index in [0.29, 0.717) is 5.56 Å². The van der Waals surface area contributed by atoms with Crippen LogP contribution < -0.4 is 14.4 Å². The molecular formula is C29H38N6O3S. The summed E-state index contributed by atoms with van der Waals surface area (Å²) in [7, 11) is -2.08. The second-order valence-electron chi connectivity index (χ2n) is 10.4. The molecule has 1 fully saturated rings. The number of nitrogens with zero attached hydrogens (tertiary/aromatic N) is 5. The Hall–Kier alpha value is -3.42. The molecule has 1 saturated heterocycles. The van der Waals surface area contributed by atoms with Gasteiger partial charge in [-0.15, -0.1) is 0 Å². The molecule has 0 aliphatic carbocycles. The molecule has 0 spiro atoms. The average Bonchev–Trinajstić information content (AvgIpc) is 2.89. The van der Waals surface area contributed by atoms with Gasteiger partial charge in [0.1, 0.15) is 11.8 Å². The van der Waals surface area contributed by atoms with Crippen molar-refractivity contribution in [2.75, 3.05) is 42.6 Å². The van der Waals surface area contributed by atoms with E-state index in [2.05, 4.69) is 51.3 Å². The number of unbranched alkanes of at least 4 members (excludes halogenated alkanes) is 3. The molecule has 0 radical (unpaired) electrons. The van der Waals surface area contributed by atoms with E-state index in [9.17, 15) is 13.7 Å². The molecule has 3 heterocycles. The van der Waals surface area contributed by atoms with Crippen LogP contribution in [0.1, 0.15) is 52.0 Å². The van der Waals surface area contributed by atoms with Crippen LogP contribution >= 0.6 is 0 Å². The molecule has 1 aromatic carbocycles. The summed E-state index contributed by atoms with van der Waals surface area (Å²) in [6.07, 6.45) is 9.38. The number of nitrogens with one attached hydrogen (secondary N) is 1. The lowest BCUT2D eigenvalue weighted by atomic mass is 9.98. The zero-order chi connectivity index (χ0) is 28.2. The monoisotopic (exact) mass is 550 g/mol. The third-order valence-electron chi connectivity index (χ3n) is 7.21. The number of aromatic nitrogens is 2. The van der Waals surface area contributed by atoms with Crippen molar-refractivity contribution in [1.82, 2.24) is 14.9 Å². The van der Waals surface area contributed by atoms with Gasteiger partial charge in [-0.1, -0.05) is 32.3 Å². The van der Waals surface area contributed by atoms with E-state index >= 15 is 0 Å². The Labute approximate surface area is 231 Å². The van der Waals surface area contributed by atoms with E-state index in [4.69, 9.17) is 4.74 Å². The van der Waals surface area contributed by atoms with Crippen LogP contribution in [0.5, 0.6) is 5.88 Å². The number of anilines is 2. The highest BCUT2D eigenvalue weighted by molar-refractivity contribution is 7.92. The summed E-state index contributed by atoms with van der Waals surface area (Å²) in [5.74, 6) is 0.189. The summed E-state index contributed by atoms with van der Waals surface area (Å²) >= 11 is 0. The van der Waals surface area contributed by atoms with Crippen LogP contribution in [0.2, 0.25) is 0 Å². The average molecular weight is 551 g/mol. The Kier molecular flexibility index (Phi) is 8.93. The van der Waals surface area contributed by atoms with Crippen LogP contribution in [0.15, 0.2) is 36.7 Å². The fourth-order valence-electron chi connectivity index (χ4n) is 5.58. The minimum absolute atomic E-state index is 0.189. The maximum Gasteiger partial charge on any atom is 0.238 e. The van der Waals surface area contributed by atoms with Crippen molar-refractivity contribution in [2.24, 2.45) is 0 Å².